The summed E-state index contributed by atoms with van der Waals surface area (Å²) in [5.74, 6) is 5.79. The highest BCUT2D eigenvalue weighted by Gasteiger charge is 2.32. The molecule has 158 valence electrons. The molecule has 0 amide bonds. The number of alkyl halides is 1. The second-order valence-corrected chi connectivity index (χ2v) is 12.3. The normalized spacial score (nSPS) is 33.1. The smallest absolute Gasteiger partial charge is 0.0115 e. The maximum Gasteiger partial charge on any atom is 0.0115 e. The van der Waals surface area contributed by atoms with Crippen LogP contribution in [0.15, 0.2) is 11.6 Å². The lowest BCUT2D eigenvalue weighted by molar-refractivity contribution is 0.146. The van der Waals surface area contributed by atoms with Crippen molar-refractivity contribution in [3.63, 3.8) is 0 Å². The Morgan fingerprint density at radius 1 is 1.00 bits per heavy atom. The van der Waals surface area contributed by atoms with Crippen molar-refractivity contribution >= 4 is 22.6 Å². The molecule has 0 aromatic heterocycles. The SMILES string of the molecule is CCCCC1C[C@H](CC[C@H]2CC=C(CC(C)C)CC2C(C)I)CC[C@@H]1CC. The van der Waals surface area contributed by atoms with Gasteiger partial charge in [-0.3, -0.25) is 0 Å². The van der Waals surface area contributed by atoms with Gasteiger partial charge in [0.25, 0.3) is 0 Å². The fourth-order valence-electron chi connectivity index (χ4n) is 6.10. The molecule has 2 aliphatic rings. The average molecular weight is 487 g/mol. The zero-order valence-electron chi connectivity index (χ0n) is 19.0. The third kappa shape index (κ3) is 7.67. The molecule has 2 rings (SSSR count). The van der Waals surface area contributed by atoms with Crippen molar-refractivity contribution in [3.8, 4) is 0 Å². The number of allylic oxidation sites excluding steroid dienone is 2. The lowest BCUT2D eigenvalue weighted by Crippen LogP contribution is -2.28. The molecule has 0 aliphatic heterocycles. The first-order chi connectivity index (χ1) is 12.9. The Morgan fingerprint density at radius 3 is 2.41 bits per heavy atom. The van der Waals surface area contributed by atoms with Crippen molar-refractivity contribution < 1.29 is 0 Å². The molecule has 0 aromatic carbocycles. The van der Waals surface area contributed by atoms with Gasteiger partial charge >= 0.3 is 0 Å². The minimum absolute atomic E-state index is 0.812. The number of halogens is 1. The van der Waals surface area contributed by atoms with Crippen LogP contribution < -0.4 is 0 Å². The van der Waals surface area contributed by atoms with E-state index in [-0.39, 0.29) is 0 Å². The summed E-state index contributed by atoms with van der Waals surface area (Å²) in [6, 6.07) is 0. The van der Waals surface area contributed by atoms with Crippen LogP contribution in [0.2, 0.25) is 0 Å². The number of hydrogen-bond acceptors (Lipinski definition) is 0. The van der Waals surface area contributed by atoms with Gasteiger partial charge in [-0.1, -0.05) is 107 Å². The van der Waals surface area contributed by atoms with Crippen LogP contribution in [0.3, 0.4) is 0 Å². The lowest BCUT2D eigenvalue weighted by atomic mass is 9.68. The Labute approximate surface area is 184 Å². The van der Waals surface area contributed by atoms with Gasteiger partial charge in [0.15, 0.2) is 0 Å². The average Bonchev–Trinajstić information content (AvgIpc) is 2.64. The first-order valence-corrected chi connectivity index (χ1v) is 13.5. The van der Waals surface area contributed by atoms with Crippen LogP contribution in [0.5, 0.6) is 0 Å². The monoisotopic (exact) mass is 486 g/mol. The van der Waals surface area contributed by atoms with Crippen molar-refractivity contribution in [1.82, 2.24) is 0 Å². The molecule has 0 bridgehead atoms. The van der Waals surface area contributed by atoms with Crippen LogP contribution in [-0.2, 0) is 0 Å². The fraction of sp³-hybridized carbons (Fsp3) is 0.923. The summed E-state index contributed by atoms with van der Waals surface area (Å²) in [7, 11) is 0. The van der Waals surface area contributed by atoms with Crippen molar-refractivity contribution in [1.29, 1.82) is 0 Å². The van der Waals surface area contributed by atoms with Gasteiger partial charge in [-0.15, -0.1) is 0 Å². The predicted octanol–water partition coefficient (Wildman–Crippen LogP) is 9.22. The summed E-state index contributed by atoms with van der Waals surface area (Å²) in [5, 5.41) is 0. The molecule has 0 radical (unpaired) electrons. The number of unbranched alkanes of at least 4 members (excludes halogenated alkanes) is 1. The van der Waals surface area contributed by atoms with Crippen molar-refractivity contribution in [3.05, 3.63) is 11.6 Å². The first-order valence-electron chi connectivity index (χ1n) is 12.3. The van der Waals surface area contributed by atoms with Gasteiger partial charge in [-0.25, -0.2) is 0 Å². The molecule has 27 heavy (non-hydrogen) atoms. The molecule has 0 heterocycles. The minimum atomic E-state index is 0.812. The molecule has 1 heteroatoms. The highest BCUT2D eigenvalue weighted by molar-refractivity contribution is 14.1. The molecule has 2 aliphatic carbocycles. The van der Waals surface area contributed by atoms with Gasteiger partial charge in [0, 0.05) is 3.92 Å². The van der Waals surface area contributed by atoms with Crippen LogP contribution in [0.1, 0.15) is 112 Å². The summed E-state index contributed by atoms with van der Waals surface area (Å²) < 4.78 is 0.816. The first kappa shape index (κ1) is 23.7. The molecule has 0 aromatic rings. The van der Waals surface area contributed by atoms with E-state index in [0.29, 0.717) is 0 Å². The fourth-order valence-corrected chi connectivity index (χ4v) is 6.94. The van der Waals surface area contributed by atoms with E-state index in [9.17, 15) is 0 Å². The topological polar surface area (TPSA) is 0 Å². The molecular weight excluding hydrogens is 439 g/mol. The Bertz CT molecular complexity index is 435. The van der Waals surface area contributed by atoms with E-state index in [0.717, 1.165) is 39.4 Å². The van der Waals surface area contributed by atoms with Crippen molar-refractivity contribution in [2.45, 2.75) is 116 Å². The van der Waals surface area contributed by atoms with Gasteiger partial charge in [0.1, 0.15) is 0 Å². The predicted molar refractivity (Wildman–Crippen MR) is 131 cm³/mol. The van der Waals surface area contributed by atoms with Crippen LogP contribution in [-0.4, -0.2) is 3.92 Å². The maximum atomic E-state index is 2.71. The summed E-state index contributed by atoms with van der Waals surface area (Å²) in [6.07, 6.45) is 20.0. The van der Waals surface area contributed by atoms with Gasteiger partial charge < -0.3 is 0 Å². The maximum absolute atomic E-state index is 2.71. The van der Waals surface area contributed by atoms with E-state index in [1.54, 1.807) is 12.0 Å². The van der Waals surface area contributed by atoms with Crippen LogP contribution in [0.25, 0.3) is 0 Å². The molecule has 0 spiro atoms. The highest BCUT2D eigenvalue weighted by atomic mass is 127. The number of hydrogen-bond donors (Lipinski definition) is 0. The molecule has 1 saturated carbocycles. The molecule has 3 unspecified atom stereocenters. The minimum Gasteiger partial charge on any atom is -0.0850 e. The third-order valence-electron chi connectivity index (χ3n) is 7.72. The van der Waals surface area contributed by atoms with Gasteiger partial charge in [0.2, 0.25) is 0 Å². The highest BCUT2D eigenvalue weighted by Crippen LogP contribution is 2.44. The Morgan fingerprint density at radius 2 is 1.78 bits per heavy atom. The van der Waals surface area contributed by atoms with E-state index in [1.165, 1.54) is 70.6 Å². The quantitative estimate of drug-likeness (QED) is 0.164. The van der Waals surface area contributed by atoms with Crippen molar-refractivity contribution in [2.24, 2.45) is 35.5 Å². The van der Waals surface area contributed by atoms with Crippen molar-refractivity contribution in [2.75, 3.05) is 0 Å². The molecular formula is C26H47I. The van der Waals surface area contributed by atoms with E-state index in [2.05, 4.69) is 63.3 Å². The molecule has 0 N–H and O–H groups in total. The Kier molecular flexibility index (Phi) is 10.8. The second-order valence-electron chi connectivity index (χ2n) is 10.3. The van der Waals surface area contributed by atoms with E-state index < -0.39 is 0 Å². The zero-order valence-corrected chi connectivity index (χ0v) is 21.1. The lowest BCUT2D eigenvalue weighted by Gasteiger charge is -2.38. The molecule has 0 nitrogen and oxygen atoms in total. The van der Waals surface area contributed by atoms with E-state index in [4.69, 9.17) is 0 Å². The van der Waals surface area contributed by atoms with E-state index >= 15 is 0 Å². The second kappa shape index (κ2) is 12.2. The summed E-state index contributed by atoms with van der Waals surface area (Å²) >= 11 is 2.71. The van der Waals surface area contributed by atoms with Gasteiger partial charge in [-0.05, 0) is 74.0 Å². The third-order valence-corrected chi connectivity index (χ3v) is 8.64. The summed E-state index contributed by atoms with van der Waals surface area (Å²) in [4.78, 5) is 0. The van der Waals surface area contributed by atoms with Crippen LogP contribution in [0, 0.1) is 35.5 Å². The molecule has 1 fully saturated rings. The van der Waals surface area contributed by atoms with E-state index in [1.807, 2.05) is 0 Å². The van der Waals surface area contributed by atoms with Crippen LogP contribution in [0.4, 0.5) is 0 Å². The number of rotatable bonds is 10. The molecule has 6 atom stereocenters. The Hall–Kier alpha value is 0.470. The largest absolute Gasteiger partial charge is 0.0850 e. The van der Waals surface area contributed by atoms with Gasteiger partial charge in [0.05, 0.1) is 0 Å². The standard InChI is InChI=1S/C26H47I/c1-6-8-9-25-17-21(10-13-23(25)7-2)11-14-24-15-12-22(16-19(3)4)18-26(24)20(5)27/h12,19-21,23-26H,6-11,13-18H2,1-5H3/t20?,21-,23-,24-,25?,26?/m0/s1. The van der Waals surface area contributed by atoms with Gasteiger partial charge in [-0.2, -0.15) is 0 Å². The molecule has 0 saturated heterocycles. The zero-order chi connectivity index (χ0) is 19.8. The van der Waals surface area contributed by atoms with Crippen LogP contribution >= 0.6 is 22.6 Å². The summed E-state index contributed by atoms with van der Waals surface area (Å²) in [6.45, 7) is 12.0. The summed E-state index contributed by atoms with van der Waals surface area (Å²) in [5.41, 5.74) is 1.76. The Balaban J connectivity index is 1.87.